The zero-order chi connectivity index (χ0) is 12.0. The van der Waals surface area contributed by atoms with Gasteiger partial charge in [-0.15, -0.1) is 0 Å². The lowest BCUT2D eigenvalue weighted by Crippen LogP contribution is -2.48. The fourth-order valence-electron chi connectivity index (χ4n) is 2.26. The van der Waals surface area contributed by atoms with Gasteiger partial charge in [-0.1, -0.05) is 27.2 Å². The normalized spacial score (nSPS) is 30.9. The monoisotopic (exact) mass is 229 g/mol. The molecule has 1 aliphatic rings. The predicted octanol–water partition coefficient (Wildman–Crippen LogP) is 1.94. The highest BCUT2D eigenvalue weighted by Crippen LogP contribution is 2.26. The lowest BCUT2D eigenvalue weighted by atomic mass is 9.88. The summed E-state index contributed by atoms with van der Waals surface area (Å²) in [5.74, 6) is 0.634. The van der Waals surface area contributed by atoms with Crippen LogP contribution < -0.4 is 5.32 Å². The summed E-state index contributed by atoms with van der Waals surface area (Å²) < 4.78 is 5.65. The lowest BCUT2D eigenvalue weighted by molar-refractivity contribution is -0.103. The van der Waals surface area contributed by atoms with E-state index < -0.39 is 5.60 Å². The summed E-state index contributed by atoms with van der Waals surface area (Å²) in [5, 5.41) is 13.8. The smallest absolute Gasteiger partial charge is 0.0818 e. The Bertz CT molecular complexity index is 194. The molecule has 0 spiro atoms. The van der Waals surface area contributed by atoms with Crippen LogP contribution in [0.2, 0.25) is 0 Å². The second-order valence-electron chi connectivity index (χ2n) is 5.48. The molecule has 1 rings (SSSR count). The fraction of sp³-hybridized carbons (Fsp3) is 1.00. The zero-order valence-electron chi connectivity index (χ0n) is 11.0. The third-order valence-electron chi connectivity index (χ3n) is 3.15. The summed E-state index contributed by atoms with van der Waals surface area (Å²) in [6, 6.07) is 0. The van der Waals surface area contributed by atoms with E-state index in [1.165, 1.54) is 0 Å². The van der Waals surface area contributed by atoms with Crippen molar-refractivity contribution in [1.29, 1.82) is 0 Å². The van der Waals surface area contributed by atoms with Crippen LogP contribution in [0.5, 0.6) is 0 Å². The van der Waals surface area contributed by atoms with Crippen molar-refractivity contribution in [2.24, 2.45) is 5.92 Å². The van der Waals surface area contributed by atoms with Crippen LogP contribution in [0.3, 0.4) is 0 Å². The second-order valence-corrected chi connectivity index (χ2v) is 5.48. The Morgan fingerprint density at radius 2 is 2.25 bits per heavy atom. The minimum absolute atomic E-state index is 0.254. The molecule has 1 saturated heterocycles. The topological polar surface area (TPSA) is 41.5 Å². The van der Waals surface area contributed by atoms with Gasteiger partial charge in [0.05, 0.1) is 11.7 Å². The molecule has 1 aliphatic heterocycles. The van der Waals surface area contributed by atoms with Gasteiger partial charge < -0.3 is 15.2 Å². The molecule has 0 saturated carbocycles. The Morgan fingerprint density at radius 1 is 1.50 bits per heavy atom. The average Bonchev–Trinajstić information content (AvgIpc) is 2.17. The van der Waals surface area contributed by atoms with Crippen molar-refractivity contribution in [1.82, 2.24) is 5.32 Å². The van der Waals surface area contributed by atoms with Crippen LogP contribution in [-0.4, -0.2) is 36.5 Å². The molecule has 1 fully saturated rings. The van der Waals surface area contributed by atoms with Gasteiger partial charge >= 0.3 is 0 Å². The molecule has 1 heterocycles. The van der Waals surface area contributed by atoms with Crippen molar-refractivity contribution in [3.05, 3.63) is 0 Å². The van der Waals surface area contributed by atoms with E-state index in [2.05, 4.69) is 26.1 Å². The number of rotatable bonds is 6. The second kappa shape index (κ2) is 6.58. The van der Waals surface area contributed by atoms with Crippen LogP contribution in [0, 0.1) is 5.92 Å². The van der Waals surface area contributed by atoms with Gasteiger partial charge in [0.2, 0.25) is 0 Å². The first-order chi connectivity index (χ1) is 7.56. The van der Waals surface area contributed by atoms with E-state index in [0.29, 0.717) is 19.1 Å². The van der Waals surface area contributed by atoms with Gasteiger partial charge in [0, 0.05) is 26.0 Å². The number of ether oxygens (including phenoxy) is 1. The van der Waals surface area contributed by atoms with Crippen LogP contribution in [0.15, 0.2) is 0 Å². The van der Waals surface area contributed by atoms with Gasteiger partial charge in [0.1, 0.15) is 0 Å². The summed E-state index contributed by atoms with van der Waals surface area (Å²) in [4.78, 5) is 0. The van der Waals surface area contributed by atoms with Crippen LogP contribution in [0.1, 0.15) is 46.5 Å². The third-order valence-corrected chi connectivity index (χ3v) is 3.15. The van der Waals surface area contributed by atoms with Gasteiger partial charge in [0.15, 0.2) is 0 Å². The Labute approximate surface area is 99.6 Å². The molecular formula is C13H27NO2. The summed E-state index contributed by atoms with van der Waals surface area (Å²) in [6.45, 7) is 8.90. The molecule has 0 aromatic carbocycles. The van der Waals surface area contributed by atoms with Crippen molar-refractivity contribution in [2.45, 2.75) is 58.2 Å². The van der Waals surface area contributed by atoms with Gasteiger partial charge in [-0.05, 0) is 18.9 Å². The molecule has 0 amide bonds. The van der Waals surface area contributed by atoms with E-state index in [-0.39, 0.29) is 6.10 Å². The highest BCUT2D eigenvalue weighted by molar-refractivity contribution is 4.87. The van der Waals surface area contributed by atoms with Gasteiger partial charge in [-0.3, -0.25) is 0 Å². The van der Waals surface area contributed by atoms with Crippen molar-refractivity contribution >= 4 is 0 Å². The summed E-state index contributed by atoms with van der Waals surface area (Å²) in [6.07, 6.45) is 3.99. The molecule has 0 bridgehead atoms. The minimum atomic E-state index is -0.549. The maximum atomic E-state index is 10.4. The average molecular weight is 229 g/mol. The first kappa shape index (κ1) is 13.9. The van der Waals surface area contributed by atoms with Crippen LogP contribution in [0.4, 0.5) is 0 Å². The fourth-order valence-corrected chi connectivity index (χ4v) is 2.26. The SMILES string of the molecule is CCCC1CC(O)(CNCC(C)C)CCO1. The molecule has 2 unspecified atom stereocenters. The molecular weight excluding hydrogens is 202 g/mol. The first-order valence-electron chi connectivity index (χ1n) is 6.60. The predicted molar refractivity (Wildman–Crippen MR) is 66.5 cm³/mol. The van der Waals surface area contributed by atoms with Gasteiger partial charge in [-0.2, -0.15) is 0 Å². The molecule has 3 heteroatoms. The molecule has 0 aliphatic carbocycles. The van der Waals surface area contributed by atoms with E-state index in [9.17, 15) is 5.11 Å². The molecule has 96 valence electrons. The zero-order valence-corrected chi connectivity index (χ0v) is 11.0. The summed E-state index contributed by atoms with van der Waals surface area (Å²) in [5.41, 5.74) is -0.549. The Hall–Kier alpha value is -0.120. The quantitative estimate of drug-likeness (QED) is 0.731. The van der Waals surface area contributed by atoms with Gasteiger partial charge in [0.25, 0.3) is 0 Å². The first-order valence-corrected chi connectivity index (χ1v) is 6.60. The van der Waals surface area contributed by atoms with E-state index in [1.807, 2.05) is 0 Å². The molecule has 0 aromatic heterocycles. The molecule has 2 N–H and O–H groups in total. The van der Waals surface area contributed by atoms with Crippen molar-refractivity contribution in [3.63, 3.8) is 0 Å². The van der Waals surface area contributed by atoms with Crippen molar-refractivity contribution in [2.75, 3.05) is 19.7 Å². The highest BCUT2D eigenvalue weighted by atomic mass is 16.5. The highest BCUT2D eigenvalue weighted by Gasteiger charge is 2.34. The Morgan fingerprint density at radius 3 is 2.88 bits per heavy atom. The third kappa shape index (κ3) is 4.81. The van der Waals surface area contributed by atoms with Crippen molar-refractivity contribution < 1.29 is 9.84 Å². The summed E-state index contributed by atoms with van der Waals surface area (Å²) in [7, 11) is 0. The van der Waals surface area contributed by atoms with E-state index in [0.717, 1.165) is 32.2 Å². The number of hydrogen-bond donors (Lipinski definition) is 2. The van der Waals surface area contributed by atoms with Crippen LogP contribution >= 0.6 is 0 Å². The van der Waals surface area contributed by atoms with Crippen molar-refractivity contribution in [3.8, 4) is 0 Å². The maximum Gasteiger partial charge on any atom is 0.0818 e. The number of hydrogen-bond acceptors (Lipinski definition) is 3. The Balaban J connectivity index is 2.31. The van der Waals surface area contributed by atoms with Gasteiger partial charge in [-0.25, -0.2) is 0 Å². The minimum Gasteiger partial charge on any atom is -0.388 e. The maximum absolute atomic E-state index is 10.4. The Kier molecular flexibility index (Phi) is 5.73. The van der Waals surface area contributed by atoms with E-state index in [1.54, 1.807) is 0 Å². The largest absolute Gasteiger partial charge is 0.388 e. The van der Waals surface area contributed by atoms with E-state index >= 15 is 0 Å². The number of aliphatic hydroxyl groups is 1. The van der Waals surface area contributed by atoms with Crippen LogP contribution in [0.25, 0.3) is 0 Å². The summed E-state index contributed by atoms with van der Waals surface area (Å²) >= 11 is 0. The lowest BCUT2D eigenvalue weighted by Gasteiger charge is -2.37. The van der Waals surface area contributed by atoms with E-state index in [4.69, 9.17) is 4.74 Å². The number of nitrogens with one attached hydrogen (secondary N) is 1. The molecule has 0 radical (unpaired) electrons. The molecule has 16 heavy (non-hydrogen) atoms. The standard InChI is InChI=1S/C13H27NO2/c1-4-5-12-8-13(15,6-7-16-12)10-14-9-11(2)3/h11-12,14-15H,4-10H2,1-3H3. The van der Waals surface area contributed by atoms with Crippen LogP contribution in [-0.2, 0) is 4.74 Å². The molecule has 2 atom stereocenters. The molecule has 0 aromatic rings. The molecule has 3 nitrogen and oxygen atoms in total.